The van der Waals surface area contributed by atoms with Crippen LogP contribution in [-0.2, 0) is 28.6 Å². The van der Waals surface area contributed by atoms with Crippen molar-refractivity contribution >= 4 is 35.1 Å². The van der Waals surface area contributed by atoms with Crippen LogP contribution in [0.15, 0.2) is 30.3 Å². The van der Waals surface area contributed by atoms with E-state index in [1.54, 1.807) is 37.3 Å². The number of para-hydroxylation sites is 1. The van der Waals surface area contributed by atoms with Gasteiger partial charge in [-0.05, 0) is 19.1 Å². The van der Waals surface area contributed by atoms with Gasteiger partial charge in [0.05, 0.1) is 46.1 Å². The number of hydrogen-bond acceptors (Lipinski definition) is 9. The van der Waals surface area contributed by atoms with E-state index < -0.39 is 24.1 Å². The van der Waals surface area contributed by atoms with Crippen molar-refractivity contribution in [1.29, 1.82) is 0 Å². The summed E-state index contributed by atoms with van der Waals surface area (Å²) in [5, 5.41) is 3.16. The van der Waals surface area contributed by atoms with Crippen molar-refractivity contribution in [2.24, 2.45) is 0 Å². The molecule has 200 valence electrons. The van der Waals surface area contributed by atoms with E-state index in [2.05, 4.69) is 5.32 Å². The summed E-state index contributed by atoms with van der Waals surface area (Å²) in [4.78, 5) is 36.5. The highest BCUT2D eigenvalue weighted by Gasteiger charge is 2.37. The molecular formula is C26H30ClNO9. The summed E-state index contributed by atoms with van der Waals surface area (Å²) in [5.74, 6) is -0.362. The van der Waals surface area contributed by atoms with Crippen molar-refractivity contribution in [3.05, 3.63) is 46.5 Å². The maximum absolute atomic E-state index is 13.2. The molecular weight excluding hydrogens is 506 g/mol. The minimum atomic E-state index is -1.18. The second-order valence-electron chi connectivity index (χ2n) is 8.00. The first-order valence-corrected chi connectivity index (χ1v) is 12.1. The summed E-state index contributed by atoms with van der Waals surface area (Å²) in [6, 6.07) is 8.48. The van der Waals surface area contributed by atoms with Gasteiger partial charge in [0.2, 0.25) is 0 Å². The smallest absolute Gasteiger partial charge is 0.308 e. The van der Waals surface area contributed by atoms with Gasteiger partial charge in [-0.3, -0.25) is 14.4 Å². The third-order valence-electron chi connectivity index (χ3n) is 5.45. The number of ether oxygens (including phenoxy) is 6. The second-order valence-corrected chi connectivity index (χ2v) is 8.43. The number of halogens is 1. The first-order valence-electron chi connectivity index (χ1n) is 11.7. The summed E-state index contributed by atoms with van der Waals surface area (Å²) in [6.07, 6.45) is -1.95. The molecule has 1 aliphatic rings. The van der Waals surface area contributed by atoms with Gasteiger partial charge in [-0.1, -0.05) is 23.7 Å². The predicted octanol–water partition coefficient (Wildman–Crippen LogP) is 4.07. The quantitative estimate of drug-likeness (QED) is 0.335. The lowest BCUT2D eigenvalue weighted by Gasteiger charge is -2.24. The molecule has 37 heavy (non-hydrogen) atoms. The number of carbonyl (C=O) groups is 3. The lowest BCUT2D eigenvalue weighted by Crippen LogP contribution is -2.32. The fourth-order valence-electron chi connectivity index (χ4n) is 3.89. The molecule has 1 amide bonds. The molecule has 0 spiro atoms. The number of methoxy groups -OCH3 is 2. The molecule has 1 N–H and O–H groups in total. The summed E-state index contributed by atoms with van der Waals surface area (Å²) in [5.41, 5.74) is 1.38. The molecule has 11 heteroatoms. The van der Waals surface area contributed by atoms with Gasteiger partial charge in [0.1, 0.15) is 18.0 Å². The SMILES string of the molecule is CCOC(=O)CC1OC(c2cccc(OC)c2OC)c2cc(Cl)cc(OCCCOC(C)=O)c2NC1=O. The minimum absolute atomic E-state index is 0.168. The van der Waals surface area contributed by atoms with Crippen molar-refractivity contribution < 1.29 is 42.8 Å². The summed E-state index contributed by atoms with van der Waals surface area (Å²) in [6.45, 7) is 3.54. The Hall–Kier alpha value is -3.50. The van der Waals surface area contributed by atoms with Gasteiger partial charge in [-0.2, -0.15) is 0 Å². The van der Waals surface area contributed by atoms with Crippen LogP contribution in [0.5, 0.6) is 17.2 Å². The van der Waals surface area contributed by atoms with Gasteiger partial charge in [0.15, 0.2) is 11.5 Å². The molecule has 10 nitrogen and oxygen atoms in total. The Bertz CT molecular complexity index is 1140. The van der Waals surface area contributed by atoms with Gasteiger partial charge in [-0.15, -0.1) is 0 Å². The van der Waals surface area contributed by atoms with Gasteiger partial charge in [0, 0.05) is 35.6 Å². The minimum Gasteiger partial charge on any atom is -0.493 e. The highest BCUT2D eigenvalue weighted by molar-refractivity contribution is 6.31. The van der Waals surface area contributed by atoms with Crippen LogP contribution < -0.4 is 19.5 Å². The molecule has 0 bridgehead atoms. The third kappa shape index (κ3) is 7.05. The zero-order valence-electron chi connectivity index (χ0n) is 21.1. The normalized spacial score (nSPS) is 16.6. The zero-order chi connectivity index (χ0) is 26.9. The lowest BCUT2D eigenvalue weighted by molar-refractivity contribution is -0.150. The number of carbonyl (C=O) groups excluding carboxylic acids is 3. The largest absolute Gasteiger partial charge is 0.493 e. The van der Waals surface area contributed by atoms with Crippen molar-refractivity contribution in [2.45, 2.75) is 38.9 Å². The van der Waals surface area contributed by atoms with E-state index in [0.717, 1.165) is 0 Å². The average molecular weight is 536 g/mol. The monoisotopic (exact) mass is 535 g/mol. The first-order chi connectivity index (χ1) is 17.8. The van der Waals surface area contributed by atoms with Gasteiger partial charge >= 0.3 is 11.9 Å². The highest BCUT2D eigenvalue weighted by atomic mass is 35.5. The molecule has 3 rings (SSSR count). The molecule has 0 fully saturated rings. The highest BCUT2D eigenvalue weighted by Crippen LogP contribution is 2.46. The summed E-state index contributed by atoms with van der Waals surface area (Å²) < 4.78 is 33.2. The van der Waals surface area contributed by atoms with Crippen molar-refractivity contribution in [2.75, 3.05) is 39.4 Å². The number of esters is 2. The van der Waals surface area contributed by atoms with Crippen LogP contribution in [0.25, 0.3) is 0 Å². The van der Waals surface area contributed by atoms with Crippen LogP contribution in [0.2, 0.25) is 5.02 Å². The number of fused-ring (bicyclic) bond motifs is 1. The maximum Gasteiger partial charge on any atom is 0.308 e. The first kappa shape index (κ1) is 28.1. The van der Waals surface area contributed by atoms with Gasteiger partial charge in [0.25, 0.3) is 5.91 Å². The van der Waals surface area contributed by atoms with E-state index in [4.69, 9.17) is 40.0 Å². The van der Waals surface area contributed by atoms with Crippen LogP contribution >= 0.6 is 11.6 Å². The number of nitrogens with one attached hydrogen (secondary N) is 1. The van der Waals surface area contributed by atoms with E-state index in [-0.39, 0.29) is 32.2 Å². The predicted molar refractivity (Wildman–Crippen MR) is 134 cm³/mol. The van der Waals surface area contributed by atoms with Gasteiger partial charge in [-0.25, -0.2) is 0 Å². The molecule has 2 aromatic rings. The zero-order valence-corrected chi connectivity index (χ0v) is 21.9. The summed E-state index contributed by atoms with van der Waals surface area (Å²) >= 11 is 6.45. The summed E-state index contributed by atoms with van der Waals surface area (Å²) in [7, 11) is 3.00. The van der Waals surface area contributed by atoms with Crippen molar-refractivity contribution in [3.63, 3.8) is 0 Å². The Kier molecular flexibility index (Phi) is 9.99. The van der Waals surface area contributed by atoms with Gasteiger partial charge < -0.3 is 33.7 Å². The molecule has 0 aliphatic carbocycles. The number of hydrogen-bond donors (Lipinski definition) is 1. The fourth-order valence-corrected chi connectivity index (χ4v) is 4.10. The Balaban J connectivity index is 2.06. The second kappa shape index (κ2) is 13.2. The number of anilines is 1. The Labute approximate surface area is 220 Å². The Morgan fingerprint density at radius 2 is 1.84 bits per heavy atom. The van der Waals surface area contributed by atoms with E-state index >= 15 is 0 Å². The van der Waals surface area contributed by atoms with Crippen LogP contribution in [0.1, 0.15) is 43.9 Å². The fraction of sp³-hybridized carbons (Fsp3) is 0.423. The van der Waals surface area contributed by atoms with Crippen LogP contribution in [0.3, 0.4) is 0 Å². The van der Waals surface area contributed by atoms with Crippen molar-refractivity contribution in [3.8, 4) is 17.2 Å². The van der Waals surface area contributed by atoms with E-state index in [1.807, 2.05) is 0 Å². The molecule has 0 aromatic heterocycles. The molecule has 2 aromatic carbocycles. The Morgan fingerprint density at radius 3 is 2.51 bits per heavy atom. The molecule has 0 saturated heterocycles. The van der Waals surface area contributed by atoms with Crippen molar-refractivity contribution in [1.82, 2.24) is 0 Å². The average Bonchev–Trinajstić information content (AvgIpc) is 2.99. The Morgan fingerprint density at radius 1 is 1.05 bits per heavy atom. The molecule has 0 radical (unpaired) electrons. The lowest BCUT2D eigenvalue weighted by atomic mass is 9.98. The van der Waals surface area contributed by atoms with E-state index in [1.165, 1.54) is 21.1 Å². The van der Waals surface area contributed by atoms with Crippen LogP contribution in [0, 0.1) is 0 Å². The third-order valence-corrected chi connectivity index (χ3v) is 5.66. The number of benzene rings is 2. The molecule has 0 saturated carbocycles. The maximum atomic E-state index is 13.2. The van der Waals surface area contributed by atoms with Crippen LogP contribution in [0.4, 0.5) is 5.69 Å². The number of rotatable bonds is 11. The topological polar surface area (TPSA) is 119 Å². The van der Waals surface area contributed by atoms with E-state index in [9.17, 15) is 14.4 Å². The molecule has 2 atom stereocenters. The standard InChI is InChI=1S/C26H30ClNO9/c1-5-34-22(30)14-21-26(31)28-23-18(12-16(27)13-20(23)36-11-7-10-35-15(2)29)24(37-21)17-8-6-9-19(32-3)25(17)33-4/h6,8-9,12-13,21,24H,5,7,10-11,14H2,1-4H3,(H,28,31). The number of amides is 1. The molecule has 1 aliphatic heterocycles. The molecule has 2 unspecified atom stereocenters. The van der Waals surface area contributed by atoms with Crippen LogP contribution in [-0.4, -0.2) is 58.0 Å². The van der Waals surface area contributed by atoms with E-state index in [0.29, 0.717) is 45.5 Å². The molecule has 1 heterocycles.